The van der Waals surface area contributed by atoms with Crippen LogP contribution in [0.5, 0.6) is 11.5 Å². The summed E-state index contributed by atoms with van der Waals surface area (Å²) in [5.74, 6) is 0.437. The van der Waals surface area contributed by atoms with Gasteiger partial charge in [0.05, 0.1) is 5.75 Å². The molecule has 0 spiro atoms. The van der Waals surface area contributed by atoms with E-state index in [0.717, 1.165) is 24.0 Å². The van der Waals surface area contributed by atoms with E-state index < -0.39 is 10.0 Å². The van der Waals surface area contributed by atoms with Gasteiger partial charge in [0.1, 0.15) is 0 Å². The van der Waals surface area contributed by atoms with Crippen LogP contribution in [0.15, 0.2) is 24.3 Å². The molecule has 1 saturated heterocycles. The molecule has 1 aliphatic heterocycles. The van der Waals surface area contributed by atoms with Gasteiger partial charge in [-0.05, 0) is 56.9 Å². The minimum absolute atomic E-state index is 0.0443. The van der Waals surface area contributed by atoms with E-state index in [9.17, 15) is 18.6 Å². The van der Waals surface area contributed by atoms with Crippen LogP contribution in [-0.2, 0) is 15.4 Å². The average molecular weight is 412 g/mol. The minimum atomic E-state index is -3.34. The Bertz CT molecular complexity index is 837. The van der Waals surface area contributed by atoms with E-state index in [1.807, 2.05) is 19.9 Å². The summed E-state index contributed by atoms with van der Waals surface area (Å²) in [6, 6.07) is 3.13. The maximum atomic E-state index is 12.8. The number of hydrogen-bond acceptors (Lipinski definition) is 5. The lowest BCUT2D eigenvalue weighted by atomic mass is 9.58. The first kappa shape index (κ1) is 20.6. The van der Waals surface area contributed by atoms with Crippen LogP contribution in [0, 0.1) is 12.8 Å². The third-order valence-corrected chi connectivity index (χ3v) is 8.62. The Morgan fingerprint density at radius 3 is 2.74 bits per heavy atom. The van der Waals surface area contributed by atoms with Gasteiger partial charge in [0.25, 0.3) is 0 Å². The largest absolute Gasteiger partial charge is 0.504 e. The fourth-order valence-electron chi connectivity index (χ4n) is 5.02. The van der Waals surface area contributed by atoms with Gasteiger partial charge in [-0.2, -0.15) is 16.9 Å². The van der Waals surface area contributed by atoms with E-state index in [1.54, 1.807) is 4.31 Å². The normalized spacial score (nSPS) is 28.9. The summed E-state index contributed by atoms with van der Waals surface area (Å²) in [5.41, 5.74) is 1.34. The quantitative estimate of drug-likeness (QED) is 0.394. The number of thiol groups is 1. The van der Waals surface area contributed by atoms with Crippen LogP contribution in [0.4, 0.5) is 0 Å². The summed E-state index contributed by atoms with van der Waals surface area (Å²) in [5, 5.41) is 20.8. The first-order valence-electron chi connectivity index (χ1n) is 9.53. The number of benzene rings is 1. The number of fused-ring (bicyclic) bond motifs is 1. The minimum Gasteiger partial charge on any atom is -0.504 e. The number of allylic oxidation sites excluding steroid dienone is 1. The molecule has 0 saturated carbocycles. The maximum Gasteiger partial charge on any atom is 0.214 e. The molecule has 2 unspecified atom stereocenters. The SMILES string of the molecule is Cc1ccc(O)c(O)c1[C@@]12CCC=CC1C(C)N(S(=O)(=O)CCCS)CC2. The highest BCUT2D eigenvalue weighted by molar-refractivity contribution is 7.89. The third kappa shape index (κ3) is 3.49. The van der Waals surface area contributed by atoms with Gasteiger partial charge in [-0.25, -0.2) is 8.42 Å². The van der Waals surface area contributed by atoms with Crippen LogP contribution in [-0.4, -0.2) is 47.0 Å². The average Bonchev–Trinajstić information content (AvgIpc) is 2.63. The van der Waals surface area contributed by atoms with E-state index in [0.29, 0.717) is 25.1 Å². The van der Waals surface area contributed by atoms with Crippen molar-refractivity contribution in [3.63, 3.8) is 0 Å². The molecule has 1 aromatic rings. The van der Waals surface area contributed by atoms with Crippen molar-refractivity contribution in [2.24, 2.45) is 5.92 Å². The third-order valence-electron chi connectivity index (χ3n) is 6.27. The molecule has 27 heavy (non-hydrogen) atoms. The van der Waals surface area contributed by atoms with Crippen molar-refractivity contribution >= 4 is 22.7 Å². The number of aryl methyl sites for hydroxylation is 1. The lowest BCUT2D eigenvalue weighted by Gasteiger charge is -2.52. The van der Waals surface area contributed by atoms with Crippen LogP contribution in [0.1, 0.15) is 43.7 Å². The van der Waals surface area contributed by atoms with E-state index in [-0.39, 0.29) is 34.6 Å². The number of nitrogens with zero attached hydrogens (tertiary/aromatic N) is 1. The van der Waals surface area contributed by atoms with E-state index in [1.165, 1.54) is 6.07 Å². The molecule has 0 aromatic heterocycles. The molecule has 1 heterocycles. The Morgan fingerprint density at radius 2 is 2.04 bits per heavy atom. The zero-order valence-electron chi connectivity index (χ0n) is 15.9. The molecular formula is C20H29NO4S2. The van der Waals surface area contributed by atoms with Gasteiger partial charge in [0.2, 0.25) is 10.0 Å². The fourth-order valence-corrected chi connectivity index (χ4v) is 7.15. The molecule has 2 aliphatic rings. The van der Waals surface area contributed by atoms with E-state index in [2.05, 4.69) is 24.8 Å². The van der Waals surface area contributed by atoms with Crippen molar-refractivity contribution in [1.29, 1.82) is 0 Å². The van der Waals surface area contributed by atoms with Crippen molar-refractivity contribution in [1.82, 2.24) is 4.31 Å². The number of phenolic OH excluding ortho intramolecular Hbond substituents is 2. The maximum absolute atomic E-state index is 12.8. The van der Waals surface area contributed by atoms with Gasteiger partial charge >= 0.3 is 0 Å². The summed E-state index contributed by atoms with van der Waals surface area (Å²) in [7, 11) is -3.34. The highest BCUT2D eigenvalue weighted by Gasteiger charge is 2.51. The Balaban J connectivity index is 2.05. The van der Waals surface area contributed by atoms with Crippen LogP contribution in [0.25, 0.3) is 0 Å². The molecule has 0 radical (unpaired) electrons. The number of rotatable bonds is 5. The molecule has 3 rings (SSSR count). The second kappa shape index (κ2) is 7.68. The van der Waals surface area contributed by atoms with Gasteiger partial charge < -0.3 is 10.2 Å². The number of sulfonamides is 1. The van der Waals surface area contributed by atoms with Gasteiger partial charge in [-0.3, -0.25) is 0 Å². The van der Waals surface area contributed by atoms with Crippen molar-refractivity contribution in [2.45, 2.75) is 51.0 Å². The predicted octanol–water partition coefficient (Wildman–Crippen LogP) is 3.35. The monoisotopic (exact) mass is 411 g/mol. The smallest absolute Gasteiger partial charge is 0.214 e. The van der Waals surface area contributed by atoms with Gasteiger partial charge in [-0.15, -0.1) is 0 Å². The zero-order valence-corrected chi connectivity index (χ0v) is 17.6. The number of phenols is 2. The van der Waals surface area contributed by atoms with Gasteiger partial charge in [0, 0.05) is 29.5 Å². The van der Waals surface area contributed by atoms with Crippen molar-refractivity contribution in [3.8, 4) is 11.5 Å². The Labute approximate surface area is 167 Å². The van der Waals surface area contributed by atoms with Gasteiger partial charge in [-0.1, -0.05) is 18.2 Å². The van der Waals surface area contributed by atoms with E-state index >= 15 is 0 Å². The first-order valence-corrected chi connectivity index (χ1v) is 11.8. The molecule has 1 aromatic carbocycles. The second-order valence-electron chi connectivity index (χ2n) is 7.77. The molecule has 3 atom stereocenters. The summed E-state index contributed by atoms with van der Waals surface area (Å²) in [4.78, 5) is 0. The Kier molecular flexibility index (Phi) is 5.85. The molecule has 1 fully saturated rings. The highest BCUT2D eigenvalue weighted by atomic mass is 32.2. The molecule has 150 valence electrons. The predicted molar refractivity (Wildman–Crippen MR) is 111 cm³/mol. The number of piperidine rings is 1. The molecule has 7 heteroatoms. The van der Waals surface area contributed by atoms with Crippen molar-refractivity contribution in [3.05, 3.63) is 35.4 Å². The topological polar surface area (TPSA) is 77.8 Å². The highest BCUT2D eigenvalue weighted by Crippen LogP contribution is 2.54. The Hall–Kier alpha value is -1.18. The van der Waals surface area contributed by atoms with Crippen LogP contribution in [0.3, 0.4) is 0 Å². The molecule has 0 amide bonds. The van der Waals surface area contributed by atoms with Gasteiger partial charge in [0.15, 0.2) is 11.5 Å². The number of hydrogen-bond donors (Lipinski definition) is 3. The molecule has 5 nitrogen and oxygen atoms in total. The zero-order chi connectivity index (χ0) is 19.8. The van der Waals surface area contributed by atoms with Crippen molar-refractivity contribution in [2.75, 3.05) is 18.1 Å². The molecular weight excluding hydrogens is 382 g/mol. The van der Waals surface area contributed by atoms with Crippen LogP contribution < -0.4 is 0 Å². The standard InChI is InChI=1S/C20H29NO4S2/c1-14-7-8-17(22)19(23)18(14)20-9-4-3-6-16(20)15(2)21(11-10-20)27(24,25)13-5-12-26/h3,6-8,15-16,22-23,26H,4-5,9-13H2,1-2H3/t15?,16?,20-/m1/s1. The lowest BCUT2D eigenvalue weighted by Crippen LogP contribution is -2.57. The van der Waals surface area contributed by atoms with Crippen LogP contribution >= 0.6 is 12.6 Å². The fraction of sp³-hybridized carbons (Fsp3) is 0.600. The summed E-state index contributed by atoms with van der Waals surface area (Å²) in [6.45, 7) is 4.33. The second-order valence-corrected chi connectivity index (χ2v) is 10.3. The molecule has 2 N–H and O–H groups in total. The Morgan fingerprint density at radius 1 is 1.30 bits per heavy atom. The molecule has 0 bridgehead atoms. The van der Waals surface area contributed by atoms with Crippen LogP contribution in [0.2, 0.25) is 0 Å². The summed E-state index contributed by atoms with van der Waals surface area (Å²) in [6.07, 6.45) is 7.10. The number of aromatic hydroxyl groups is 2. The summed E-state index contributed by atoms with van der Waals surface area (Å²) >= 11 is 4.14. The van der Waals surface area contributed by atoms with Crippen molar-refractivity contribution < 1.29 is 18.6 Å². The lowest BCUT2D eigenvalue weighted by molar-refractivity contribution is 0.105. The summed E-state index contributed by atoms with van der Waals surface area (Å²) < 4.78 is 27.3. The molecule has 1 aliphatic carbocycles. The van der Waals surface area contributed by atoms with E-state index in [4.69, 9.17) is 0 Å². The first-order chi connectivity index (χ1) is 12.7.